The molecule has 0 radical (unpaired) electrons. The molecule has 2 rings (SSSR count). The van der Waals surface area contributed by atoms with Crippen LogP contribution in [0.4, 0.5) is 27.7 Å². The standard InChI is InChI=1S/C22H29N7O3/c1-8-28(9-2)15-10-11-17(18(12-15)24-14(3)30)25-26-20-16(13-23)19(22(4,5)6)27-29(20)21(31)32-7/h10-12H,8-9H2,1-7H3,(H,24,30). The van der Waals surface area contributed by atoms with Gasteiger partial charge in [0, 0.05) is 31.1 Å². The first kappa shape index (κ1) is 24.5. The lowest BCUT2D eigenvalue weighted by molar-refractivity contribution is -0.114. The van der Waals surface area contributed by atoms with E-state index in [1.165, 1.54) is 14.0 Å². The highest BCUT2D eigenvalue weighted by molar-refractivity contribution is 5.93. The molecule has 0 aliphatic heterocycles. The van der Waals surface area contributed by atoms with Crippen LogP contribution in [0.5, 0.6) is 0 Å². The van der Waals surface area contributed by atoms with Crippen LogP contribution in [-0.4, -0.2) is 42.0 Å². The fourth-order valence-electron chi connectivity index (χ4n) is 3.13. The summed E-state index contributed by atoms with van der Waals surface area (Å²) in [6.45, 7) is 12.7. The SMILES string of the molecule is CCN(CC)c1ccc(N=Nc2c(C#N)c(C(C)(C)C)nn2C(=O)OC)c(NC(C)=O)c1. The molecule has 0 bridgehead atoms. The summed E-state index contributed by atoms with van der Waals surface area (Å²) in [5, 5.41) is 25.2. The van der Waals surface area contributed by atoms with Crippen molar-refractivity contribution in [3.8, 4) is 6.07 Å². The third-order valence-corrected chi connectivity index (χ3v) is 4.70. The van der Waals surface area contributed by atoms with Crippen LogP contribution in [0.3, 0.4) is 0 Å². The third-order valence-electron chi connectivity index (χ3n) is 4.70. The molecule has 0 spiro atoms. The van der Waals surface area contributed by atoms with Gasteiger partial charge in [0.05, 0.1) is 18.5 Å². The van der Waals surface area contributed by atoms with Gasteiger partial charge in [-0.25, -0.2) is 4.79 Å². The summed E-state index contributed by atoms with van der Waals surface area (Å²) in [6.07, 6.45) is -0.787. The molecule has 0 fully saturated rings. The minimum absolute atomic E-state index is 0.0362. The van der Waals surface area contributed by atoms with Crippen LogP contribution in [0.1, 0.15) is 52.8 Å². The summed E-state index contributed by atoms with van der Waals surface area (Å²) in [5.74, 6) is -0.295. The van der Waals surface area contributed by atoms with Crippen molar-refractivity contribution < 1.29 is 14.3 Å². The van der Waals surface area contributed by atoms with E-state index in [0.29, 0.717) is 17.1 Å². The van der Waals surface area contributed by atoms with E-state index in [0.717, 1.165) is 23.5 Å². The Labute approximate surface area is 187 Å². The Bertz CT molecular complexity index is 1070. The topological polar surface area (TPSA) is 125 Å². The molecule has 1 aromatic carbocycles. The summed E-state index contributed by atoms with van der Waals surface area (Å²) in [6, 6.07) is 7.47. The Morgan fingerprint density at radius 3 is 2.41 bits per heavy atom. The van der Waals surface area contributed by atoms with Crippen LogP contribution < -0.4 is 10.2 Å². The van der Waals surface area contributed by atoms with E-state index in [4.69, 9.17) is 4.74 Å². The van der Waals surface area contributed by atoms with Gasteiger partial charge in [-0.15, -0.1) is 14.9 Å². The van der Waals surface area contributed by atoms with Gasteiger partial charge in [0.25, 0.3) is 0 Å². The molecule has 1 aromatic heterocycles. The highest BCUT2D eigenvalue weighted by Crippen LogP contribution is 2.35. The van der Waals surface area contributed by atoms with Crippen LogP contribution in [-0.2, 0) is 14.9 Å². The minimum Gasteiger partial charge on any atom is -0.451 e. The first-order valence-corrected chi connectivity index (χ1v) is 10.3. The number of methoxy groups -OCH3 is 1. The van der Waals surface area contributed by atoms with Gasteiger partial charge in [-0.1, -0.05) is 20.8 Å². The van der Waals surface area contributed by atoms with Crippen LogP contribution in [0.2, 0.25) is 0 Å². The highest BCUT2D eigenvalue weighted by Gasteiger charge is 2.29. The summed E-state index contributed by atoms with van der Waals surface area (Å²) >= 11 is 0. The number of nitrogens with zero attached hydrogens (tertiary/aromatic N) is 6. The fraction of sp³-hybridized carbons (Fsp3) is 0.455. The Hall–Kier alpha value is -3.74. The second kappa shape index (κ2) is 10.0. The predicted octanol–water partition coefficient (Wildman–Crippen LogP) is 4.89. The molecule has 0 aliphatic rings. The van der Waals surface area contributed by atoms with Crippen LogP contribution >= 0.6 is 0 Å². The van der Waals surface area contributed by atoms with Crippen LogP contribution in [0, 0.1) is 11.3 Å². The maximum atomic E-state index is 12.3. The van der Waals surface area contributed by atoms with Crippen LogP contribution in [0.25, 0.3) is 0 Å². The zero-order valence-electron chi connectivity index (χ0n) is 19.6. The molecule has 2 aromatic rings. The van der Waals surface area contributed by atoms with Crippen molar-refractivity contribution in [2.24, 2.45) is 10.2 Å². The molecule has 0 saturated heterocycles. The number of nitrogens with one attached hydrogen (secondary N) is 1. The molecule has 1 N–H and O–H groups in total. The average Bonchev–Trinajstić information content (AvgIpc) is 3.12. The average molecular weight is 440 g/mol. The summed E-state index contributed by atoms with van der Waals surface area (Å²) in [7, 11) is 1.22. The number of azo groups is 1. The zero-order valence-corrected chi connectivity index (χ0v) is 19.6. The van der Waals surface area contributed by atoms with Gasteiger partial charge >= 0.3 is 6.09 Å². The fourth-order valence-corrected chi connectivity index (χ4v) is 3.13. The Kier molecular flexibility index (Phi) is 7.70. The van der Waals surface area contributed by atoms with Crippen molar-refractivity contribution in [3.05, 3.63) is 29.5 Å². The van der Waals surface area contributed by atoms with Crippen molar-refractivity contribution in [2.75, 3.05) is 30.4 Å². The van der Waals surface area contributed by atoms with Crippen molar-refractivity contribution in [3.63, 3.8) is 0 Å². The number of carbonyl (C=O) groups excluding carboxylic acids is 2. The van der Waals surface area contributed by atoms with Crippen molar-refractivity contribution in [2.45, 2.75) is 47.0 Å². The summed E-state index contributed by atoms with van der Waals surface area (Å²) < 4.78 is 5.71. The number of aromatic nitrogens is 2. The number of amides is 1. The van der Waals surface area contributed by atoms with Gasteiger partial charge in [0.15, 0.2) is 0 Å². The van der Waals surface area contributed by atoms with E-state index in [2.05, 4.69) is 31.6 Å². The normalized spacial score (nSPS) is 11.3. The number of ether oxygens (including phenoxy) is 1. The van der Waals surface area contributed by atoms with Gasteiger partial charge in [0.2, 0.25) is 11.7 Å². The summed E-state index contributed by atoms with van der Waals surface area (Å²) in [4.78, 5) is 26.1. The zero-order chi connectivity index (χ0) is 24.1. The van der Waals surface area contributed by atoms with E-state index in [-0.39, 0.29) is 17.3 Å². The largest absolute Gasteiger partial charge is 0.451 e. The molecular formula is C22H29N7O3. The Balaban J connectivity index is 2.63. The number of rotatable bonds is 6. The second-order valence-corrected chi connectivity index (χ2v) is 8.05. The minimum atomic E-state index is -0.787. The van der Waals surface area contributed by atoms with Crippen LogP contribution in [0.15, 0.2) is 28.4 Å². The maximum absolute atomic E-state index is 12.3. The lowest BCUT2D eigenvalue weighted by Gasteiger charge is -2.22. The van der Waals surface area contributed by atoms with Gasteiger partial charge < -0.3 is 15.0 Å². The molecule has 1 amide bonds. The Morgan fingerprint density at radius 2 is 1.91 bits per heavy atom. The predicted molar refractivity (Wildman–Crippen MR) is 122 cm³/mol. The van der Waals surface area contributed by atoms with Crippen molar-refractivity contribution >= 4 is 34.9 Å². The molecule has 32 heavy (non-hydrogen) atoms. The monoisotopic (exact) mass is 439 g/mol. The molecule has 10 nitrogen and oxygen atoms in total. The number of anilines is 2. The smallest absolute Gasteiger partial charge is 0.436 e. The third kappa shape index (κ3) is 5.29. The number of hydrogen-bond donors (Lipinski definition) is 1. The van der Waals surface area contributed by atoms with E-state index < -0.39 is 11.5 Å². The molecule has 0 aliphatic carbocycles. The molecule has 0 atom stereocenters. The molecule has 10 heteroatoms. The lowest BCUT2D eigenvalue weighted by atomic mass is 9.90. The Morgan fingerprint density at radius 1 is 1.25 bits per heavy atom. The van der Waals surface area contributed by atoms with E-state index in [1.54, 1.807) is 6.07 Å². The first-order valence-electron chi connectivity index (χ1n) is 10.3. The highest BCUT2D eigenvalue weighted by atomic mass is 16.5. The van der Waals surface area contributed by atoms with Crippen molar-refractivity contribution in [1.82, 2.24) is 9.78 Å². The number of carbonyl (C=O) groups is 2. The lowest BCUT2D eigenvalue weighted by Crippen LogP contribution is -2.21. The van der Waals surface area contributed by atoms with Gasteiger partial charge in [-0.2, -0.15) is 10.4 Å². The molecule has 0 saturated carbocycles. The maximum Gasteiger partial charge on any atom is 0.436 e. The second-order valence-electron chi connectivity index (χ2n) is 8.05. The number of nitriles is 1. The molecular weight excluding hydrogens is 410 g/mol. The molecule has 170 valence electrons. The van der Waals surface area contributed by atoms with Gasteiger partial charge in [0.1, 0.15) is 17.3 Å². The van der Waals surface area contributed by atoms with E-state index in [9.17, 15) is 14.9 Å². The molecule has 1 heterocycles. The number of hydrogen-bond acceptors (Lipinski definition) is 8. The first-order chi connectivity index (χ1) is 15.1. The van der Waals surface area contributed by atoms with Crippen molar-refractivity contribution in [1.29, 1.82) is 5.26 Å². The molecule has 0 unspecified atom stereocenters. The van der Waals surface area contributed by atoms with Gasteiger partial charge in [-0.05, 0) is 32.0 Å². The van der Waals surface area contributed by atoms with E-state index in [1.807, 2.05) is 46.8 Å². The number of benzene rings is 1. The quantitative estimate of drug-likeness (QED) is 0.639. The van der Waals surface area contributed by atoms with E-state index >= 15 is 0 Å². The summed E-state index contributed by atoms with van der Waals surface area (Å²) in [5.41, 5.74) is 1.77. The van der Waals surface area contributed by atoms with Gasteiger partial charge in [-0.3, -0.25) is 4.79 Å².